The molecule has 0 radical (unpaired) electrons. The first-order valence-electron chi connectivity index (χ1n) is 4.35. The summed E-state index contributed by atoms with van der Waals surface area (Å²) in [6.45, 7) is 0. The van der Waals surface area contributed by atoms with Crippen molar-refractivity contribution in [1.29, 1.82) is 0 Å². The van der Waals surface area contributed by atoms with Gasteiger partial charge in [0.1, 0.15) is 5.69 Å². The van der Waals surface area contributed by atoms with Crippen molar-refractivity contribution in [2.24, 2.45) is 10.9 Å². The first-order valence-corrected chi connectivity index (χ1v) is 4.73. The molecular formula is C9H8ClN5O. The number of pyridine rings is 1. The Balaban J connectivity index is 2.33. The Bertz CT molecular complexity index is 519. The third-order valence-corrected chi connectivity index (χ3v) is 2.13. The molecule has 2 aromatic heterocycles. The molecule has 3 N–H and O–H groups in total. The number of hydrogen-bond acceptors (Lipinski definition) is 4. The van der Waals surface area contributed by atoms with E-state index >= 15 is 0 Å². The van der Waals surface area contributed by atoms with Crippen molar-refractivity contribution in [2.75, 3.05) is 0 Å². The Morgan fingerprint density at radius 3 is 2.75 bits per heavy atom. The van der Waals surface area contributed by atoms with Crippen LogP contribution in [0.2, 0.25) is 5.02 Å². The van der Waals surface area contributed by atoms with Gasteiger partial charge in [0.2, 0.25) is 0 Å². The van der Waals surface area contributed by atoms with Crippen molar-refractivity contribution in [2.45, 2.75) is 0 Å². The standard InChI is InChI=1S/C9H8ClN5O/c10-6-3-13-15(5-6)7-1-2-8(12-4-7)9(11)14-16/h1-5,16H,(H2,11,14). The van der Waals surface area contributed by atoms with E-state index in [1.165, 1.54) is 6.20 Å². The van der Waals surface area contributed by atoms with Gasteiger partial charge in [-0.05, 0) is 12.1 Å². The SMILES string of the molecule is N/C(=N/O)c1ccc(-n2cc(Cl)cn2)cn1. The molecule has 16 heavy (non-hydrogen) atoms. The zero-order valence-electron chi connectivity index (χ0n) is 8.08. The van der Waals surface area contributed by atoms with Crippen LogP contribution in [0.1, 0.15) is 5.69 Å². The summed E-state index contributed by atoms with van der Waals surface area (Å²) in [5.41, 5.74) is 6.51. The number of aromatic nitrogens is 3. The van der Waals surface area contributed by atoms with Crippen LogP contribution >= 0.6 is 11.6 Å². The average molecular weight is 238 g/mol. The van der Waals surface area contributed by atoms with E-state index in [0.29, 0.717) is 10.7 Å². The Kier molecular flexibility index (Phi) is 2.74. The second-order valence-corrected chi connectivity index (χ2v) is 3.43. The van der Waals surface area contributed by atoms with Crippen molar-refractivity contribution in [3.8, 4) is 5.69 Å². The zero-order chi connectivity index (χ0) is 11.5. The van der Waals surface area contributed by atoms with Crippen LogP contribution < -0.4 is 5.73 Å². The van der Waals surface area contributed by atoms with Gasteiger partial charge in [-0.1, -0.05) is 16.8 Å². The molecule has 2 aromatic rings. The number of oxime groups is 1. The summed E-state index contributed by atoms with van der Waals surface area (Å²) >= 11 is 5.74. The first kappa shape index (κ1) is 10.4. The third kappa shape index (κ3) is 1.96. The van der Waals surface area contributed by atoms with Gasteiger partial charge in [-0.3, -0.25) is 4.98 Å². The number of nitrogens with zero attached hydrogens (tertiary/aromatic N) is 4. The number of rotatable bonds is 2. The van der Waals surface area contributed by atoms with Crippen molar-refractivity contribution in [1.82, 2.24) is 14.8 Å². The summed E-state index contributed by atoms with van der Waals surface area (Å²) in [4.78, 5) is 4.02. The molecule has 0 aliphatic rings. The molecule has 7 heteroatoms. The molecule has 2 heterocycles. The van der Waals surface area contributed by atoms with Crippen LogP contribution in [0, 0.1) is 0 Å². The fourth-order valence-corrected chi connectivity index (χ4v) is 1.30. The van der Waals surface area contributed by atoms with Crippen LogP contribution in [0.4, 0.5) is 0 Å². The number of hydrogen-bond donors (Lipinski definition) is 2. The van der Waals surface area contributed by atoms with Crippen LogP contribution in [0.5, 0.6) is 0 Å². The van der Waals surface area contributed by atoms with Crippen molar-refractivity contribution >= 4 is 17.4 Å². The summed E-state index contributed by atoms with van der Waals surface area (Å²) in [6, 6.07) is 3.36. The zero-order valence-corrected chi connectivity index (χ0v) is 8.83. The van der Waals surface area contributed by atoms with Gasteiger partial charge in [-0.2, -0.15) is 5.10 Å². The van der Waals surface area contributed by atoms with Gasteiger partial charge in [0, 0.05) is 6.20 Å². The van der Waals surface area contributed by atoms with E-state index in [1.807, 2.05) is 0 Å². The monoisotopic (exact) mass is 237 g/mol. The minimum atomic E-state index is -0.0370. The second kappa shape index (κ2) is 4.19. The highest BCUT2D eigenvalue weighted by atomic mass is 35.5. The molecule has 0 aliphatic carbocycles. The largest absolute Gasteiger partial charge is 0.409 e. The minimum absolute atomic E-state index is 0.0370. The Morgan fingerprint density at radius 2 is 2.25 bits per heavy atom. The van der Waals surface area contributed by atoms with Crippen molar-refractivity contribution in [3.05, 3.63) is 41.4 Å². The van der Waals surface area contributed by atoms with Gasteiger partial charge in [0.15, 0.2) is 5.84 Å². The van der Waals surface area contributed by atoms with Crippen LogP contribution in [0.25, 0.3) is 5.69 Å². The van der Waals surface area contributed by atoms with E-state index in [4.69, 9.17) is 22.5 Å². The molecule has 0 amide bonds. The van der Waals surface area contributed by atoms with E-state index in [2.05, 4.69) is 15.2 Å². The third-order valence-electron chi connectivity index (χ3n) is 1.93. The predicted octanol–water partition coefficient (Wildman–Crippen LogP) is 1.02. The number of amidine groups is 1. The van der Waals surface area contributed by atoms with Gasteiger partial charge in [-0.25, -0.2) is 4.68 Å². The highest BCUT2D eigenvalue weighted by Crippen LogP contribution is 2.11. The summed E-state index contributed by atoms with van der Waals surface area (Å²) < 4.78 is 1.57. The van der Waals surface area contributed by atoms with Gasteiger partial charge in [0.05, 0.1) is 23.1 Å². The van der Waals surface area contributed by atoms with Gasteiger partial charge in [0.25, 0.3) is 0 Å². The molecule has 0 saturated carbocycles. The lowest BCUT2D eigenvalue weighted by molar-refractivity contribution is 0.318. The molecule has 0 atom stereocenters. The van der Waals surface area contributed by atoms with Crippen LogP contribution in [0.3, 0.4) is 0 Å². The minimum Gasteiger partial charge on any atom is -0.409 e. The number of nitrogens with two attached hydrogens (primary N) is 1. The Labute approximate surface area is 96.0 Å². The highest BCUT2D eigenvalue weighted by molar-refractivity contribution is 6.30. The van der Waals surface area contributed by atoms with Gasteiger partial charge >= 0.3 is 0 Å². The van der Waals surface area contributed by atoms with E-state index < -0.39 is 0 Å². The van der Waals surface area contributed by atoms with Crippen LogP contribution in [-0.2, 0) is 0 Å². The van der Waals surface area contributed by atoms with Crippen LogP contribution in [0.15, 0.2) is 35.9 Å². The normalized spacial score (nSPS) is 11.7. The lowest BCUT2D eigenvalue weighted by atomic mass is 10.3. The summed E-state index contributed by atoms with van der Waals surface area (Å²) in [7, 11) is 0. The quantitative estimate of drug-likeness (QED) is 0.353. The molecule has 0 aliphatic heterocycles. The van der Waals surface area contributed by atoms with Gasteiger partial charge in [-0.15, -0.1) is 0 Å². The molecule has 0 saturated heterocycles. The predicted molar refractivity (Wildman–Crippen MR) is 58.9 cm³/mol. The fourth-order valence-electron chi connectivity index (χ4n) is 1.17. The summed E-state index contributed by atoms with van der Waals surface area (Å²) in [5, 5.41) is 15.9. The Hall–Kier alpha value is -2.08. The molecule has 0 unspecified atom stereocenters. The van der Waals surface area contributed by atoms with E-state index in [-0.39, 0.29) is 5.84 Å². The lowest BCUT2D eigenvalue weighted by Crippen LogP contribution is -2.14. The molecule has 0 aromatic carbocycles. The molecule has 0 bridgehead atoms. The smallest absolute Gasteiger partial charge is 0.188 e. The fraction of sp³-hybridized carbons (Fsp3) is 0. The van der Waals surface area contributed by atoms with Gasteiger partial charge < -0.3 is 10.9 Å². The summed E-state index contributed by atoms with van der Waals surface area (Å²) in [5.74, 6) is -0.0370. The molecular weight excluding hydrogens is 230 g/mol. The second-order valence-electron chi connectivity index (χ2n) is 2.99. The van der Waals surface area contributed by atoms with Crippen molar-refractivity contribution < 1.29 is 5.21 Å². The Morgan fingerprint density at radius 1 is 1.44 bits per heavy atom. The lowest BCUT2D eigenvalue weighted by Gasteiger charge is -2.01. The molecule has 2 rings (SSSR count). The first-order chi connectivity index (χ1) is 7.70. The van der Waals surface area contributed by atoms with Crippen LogP contribution in [-0.4, -0.2) is 25.8 Å². The molecule has 82 valence electrons. The van der Waals surface area contributed by atoms with E-state index in [1.54, 1.807) is 29.2 Å². The van der Waals surface area contributed by atoms with E-state index in [0.717, 1.165) is 5.69 Å². The highest BCUT2D eigenvalue weighted by Gasteiger charge is 2.03. The topological polar surface area (TPSA) is 89.3 Å². The van der Waals surface area contributed by atoms with E-state index in [9.17, 15) is 0 Å². The summed E-state index contributed by atoms with van der Waals surface area (Å²) in [6.07, 6.45) is 4.73. The van der Waals surface area contributed by atoms with Crippen molar-refractivity contribution in [3.63, 3.8) is 0 Å². The maximum Gasteiger partial charge on any atom is 0.188 e. The average Bonchev–Trinajstić information content (AvgIpc) is 2.75. The molecule has 0 spiro atoms. The maximum absolute atomic E-state index is 8.47. The maximum atomic E-state index is 8.47. The molecule has 6 nitrogen and oxygen atoms in total. The molecule has 0 fully saturated rings. The number of halogens is 1.